The lowest BCUT2D eigenvalue weighted by Crippen LogP contribution is -1.97. The van der Waals surface area contributed by atoms with Crippen LogP contribution in [0.25, 0.3) is 6.08 Å². The predicted octanol–water partition coefficient (Wildman–Crippen LogP) is 1.42. The zero-order valence-electron chi connectivity index (χ0n) is 9.02. The summed E-state index contributed by atoms with van der Waals surface area (Å²) in [7, 11) is 0. The molecule has 5 nitrogen and oxygen atoms in total. The highest BCUT2D eigenvalue weighted by molar-refractivity contribution is 5.84. The molecule has 0 saturated heterocycles. The van der Waals surface area contributed by atoms with Crippen LogP contribution in [0.3, 0.4) is 0 Å². The van der Waals surface area contributed by atoms with Gasteiger partial charge in [-0.25, -0.2) is 9.78 Å². The van der Waals surface area contributed by atoms with Gasteiger partial charge in [-0.1, -0.05) is 6.07 Å². The Morgan fingerprint density at radius 1 is 1.47 bits per heavy atom. The van der Waals surface area contributed by atoms with E-state index < -0.39 is 5.97 Å². The summed E-state index contributed by atoms with van der Waals surface area (Å²) >= 11 is 0. The molecular weight excluding hydrogens is 218 g/mol. The van der Waals surface area contributed by atoms with Crippen LogP contribution >= 0.6 is 0 Å². The van der Waals surface area contributed by atoms with E-state index in [-0.39, 0.29) is 0 Å². The van der Waals surface area contributed by atoms with E-state index in [1.165, 1.54) is 6.08 Å². The Balaban J connectivity index is 2.05. The van der Waals surface area contributed by atoms with Gasteiger partial charge in [-0.2, -0.15) is 0 Å². The zero-order chi connectivity index (χ0) is 12.1. The number of aliphatic carboxylic acids is 1. The molecule has 2 rings (SSSR count). The average Bonchev–Trinajstić information content (AvgIpc) is 2.81. The van der Waals surface area contributed by atoms with E-state index in [0.717, 1.165) is 11.6 Å². The minimum absolute atomic E-state index is 0.627. The Morgan fingerprint density at radius 2 is 2.35 bits per heavy atom. The molecule has 2 aromatic rings. The lowest BCUT2D eigenvalue weighted by atomic mass is 10.2. The molecular formula is C12H11N3O2. The van der Waals surface area contributed by atoms with Gasteiger partial charge in [0.15, 0.2) is 0 Å². The van der Waals surface area contributed by atoms with Crippen LogP contribution in [-0.2, 0) is 11.3 Å². The smallest absolute Gasteiger partial charge is 0.328 e. The summed E-state index contributed by atoms with van der Waals surface area (Å²) < 4.78 is 1.93. The standard InChI is InChI=1S/C12H11N3O2/c16-12(17)4-3-11-2-1-10(7-14-11)8-15-6-5-13-9-15/h1-7,9H,8H2,(H,16,17)/b4-3+. The predicted molar refractivity (Wildman–Crippen MR) is 62.2 cm³/mol. The third kappa shape index (κ3) is 3.27. The van der Waals surface area contributed by atoms with E-state index in [9.17, 15) is 4.79 Å². The second-order valence-corrected chi connectivity index (χ2v) is 3.50. The summed E-state index contributed by atoms with van der Waals surface area (Å²) in [5, 5.41) is 8.48. The normalized spacial score (nSPS) is 10.8. The first kappa shape index (κ1) is 11.1. The summed E-state index contributed by atoms with van der Waals surface area (Å²) in [5.41, 5.74) is 1.66. The zero-order valence-corrected chi connectivity index (χ0v) is 9.02. The minimum Gasteiger partial charge on any atom is -0.478 e. The van der Waals surface area contributed by atoms with Gasteiger partial charge in [0.25, 0.3) is 0 Å². The van der Waals surface area contributed by atoms with Gasteiger partial charge in [-0.3, -0.25) is 4.98 Å². The van der Waals surface area contributed by atoms with E-state index in [1.807, 2.05) is 16.8 Å². The second-order valence-electron chi connectivity index (χ2n) is 3.50. The molecule has 0 aromatic carbocycles. The van der Waals surface area contributed by atoms with E-state index in [4.69, 9.17) is 5.11 Å². The van der Waals surface area contributed by atoms with Crippen molar-refractivity contribution in [2.75, 3.05) is 0 Å². The first-order chi connectivity index (χ1) is 8.24. The number of hydrogen-bond acceptors (Lipinski definition) is 3. The topological polar surface area (TPSA) is 68.0 Å². The summed E-state index contributed by atoms with van der Waals surface area (Å²) in [4.78, 5) is 18.4. The van der Waals surface area contributed by atoms with Gasteiger partial charge in [0.1, 0.15) is 0 Å². The van der Waals surface area contributed by atoms with Crippen molar-refractivity contribution in [2.45, 2.75) is 6.54 Å². The summed E-state index contributed by atoms with van der Waals surface area (Å²) in [5.74, 6) is -0.978. The highest BCUT2D eigenvalue weighted by Crippen LogP contribution is 2.04. The molecule has 1 N–H and O–H groups in total. The number of carbonyl (C=O) groups is 1. The molecule has 0 radical (unpaired) electrons. The van der Waals surface area contributed by atoms with Crippen molar-refractivity contribution in [1.29, 1.82) is 0 Å². The van der Waals surface area contributed by atoms with Gasteiger partial charge in [0.2, 0.25) is 0 Å². The van der Waals surface area contributed by atoms with Gasteiger partial charge in [-0.15, -0.1) is 0 Å². The van der Waals surface area contributed by atoms with Gasteiger partial charge < -0.3 is 9.67 Å². The molecule has 0 saturated carbocycles. The summed E-state index contributed by atoms with van der Waals surface area (Å²) in [6.07, 6.45) is 9.58. The van der Waals surface area contributed by atoms with Crippen LogP contribution in [0.15, 0.2) is 43.1 Å². The third-order valence-corrected chi connectivity index (χ3v) is 2.17. The molecule has 0 aliphatic rings. The van der Waals surface area contributed by atoms with Crippen LogP contribution in [0.4, 0.5) is 0 Å². The maximum atomic E-state index is 10.3. The molecule has 0 atom stereocenters. The van der Waals surface area contributed by atoms with Crippen LogP contribution in [-0.4, -0.2) is 25.6 Å². The van der Waals surface area contributed by atoms with Gasteiger partial charge in [-0.05, 0) is 17.7 Å². The molecule has 17 heavy (non-hydrogen) atoms. The Bertz CT molecular complexity index is 515. The van der Waals surface area contributed by atoms with Gasteiger partial charge in [0.05, 0.1) is 12.0 Å². The molecule has 0 fully saturated rings. The molecule has 2 heterocycles. The molecule has 0 bridgehead atoms. The third-order valence-electron chi connectivity index (χ3n) is 2.17. The summed E-state index contributed by atoms with van der Waals surface area (Å²) in [6, 6.07) is 3.69. The van der Waals surface area contributed by atoms with Crippen molar-refractivity contribution in [3.63, 3.8) is 0 Å². The van der Waals surface area contributed by atoms with Crippen molar-refractivity contribution in [2.24, 2.45) is 0 Å². The Morgan fingerprint density at radius 3 is 2.94 bits per heavy atom. The largest absolute Gasteiger partial charge is 0.478 e. The first-order valence-corrected chi connectivity index (χ1v) is 5.06. The highest BCUT2D eigenvalue weighted by Gasteiger charge is 1.96. The highest BCUT2D eigenvalue weighted by atomic mass is 16.4. The Hall–Kier alpha value is -2.43. The molecule has 0 unspecified atom stereocenters. The van der Waals surface area contributed by atoms with E-state index in [2.05, 4.69) is 9.97 Å². The lowest BCUT2D eigenvalue weighted by Gasteiger charge is -2.01. The number of carboxylic acids is 1. The fraction of sp³-hybridized carbons (Fsp3) is 0.0833. The molecule has 5 heteroatoms. The minimum atomic E-state index is -0.978. The Kier molecular flexibility index (Phi) is 3.30. The Labute approximate surface area is 98.1 Å². The fourth-order valence-electron chi connectivity index (χ4n) is 1.38. The summed E-state index contributed by atoms with van der Waals surface area (Å²) in [6.45, 7) is 0.704. The van der Waals surface area contributed by atoms with Crippen LogP contribution in [0.2, 0.25) is 0 Å². The maximum absolute atomic E-state index is 10.3. The maximum Gasteiger partial charge on any atom is 0.328 e. The second kappa shape index (κ2) is 5.07. The molecule has 0 aliphatic heterocycles. The van der Waals surface area contributed by atoms with Crippen LogP contribution in [0.5, 0.6) is 0 Å². The number of rotatable bonds is 4. The quantitative estimate of drug-likeness (QED) is 0.805. The van der Waals surface area contributed by atoms with Crippen molar-refractivity contribution < 1.29 is 9.90 Å². The lowest BCUT2D eigenvalue weighted by molar-refractivity contribution is -0.131. The van der Waals surface area contributed by atoms with E-state index in [0.29, 0.717) is 12.2 Å². The van der Waals surface area contributed by atoms with E-state index >= 15 is 0 Å². The number of nitrogens with zero attached hydrogens (tertiary/aromatic N) is 3. The molecule has 0 spiro atoms. The van der Waals surface area contributed by atoms with Crippen LogP contribution < -0.4 is 0 Å². The van der Waals surface area contributed by atoms with Crippen molar-refractivity contribution >= 4 is 12.0 Å². The average molecular weight is 229 g/mol. The van der Waals surface area contributed by atoms with Crippen molar-refractivity contribution in [3.8, 4) is 0 Å². The number of aromatic nitrogens is 3. The molecule has 86 valence electrons. The van der Waals surface area contributed by atoms with Crippen molar-refractivity contribution in [1.82, 2.24) is 14.5 Å². The first-order valence-electron chi connectivity index (χ1n) is 5.06. The monoisotopic (exact) mass is 229 g/mol. The number of hydrogen-bond donors (Lipinski definition) is 1. The number of imidazole rings is 1. The van der Waals surface area contributed by atoms with Gasteiger partial charge >= 0.3 is 5.97 Å². The SMILES string of the molecule is O=C(O)/C=C/c1ccc(Cn2ccnc2)cn1. The number of pyridine rings is 1. The number of carboxylic acid groups (broad SMARTS) is 1. The van der Waals surface area contributed by atoms with Gasteiger partial charge in [0, 0.05) is 31.2 Å². The van der Waals surface area contributed by atoms with Crippen LogP contribution in [0.1, 0.15) is 11.3 Å². The molecule has 0 amide bonds. The van der Waals surface area contributed by atoms with Crippen LogP contribution in [0, 0.1) is 0 Å². The molecule has 2 aromatic heterocycles. The fourth-order valence-corrected chi connectivity index (χ4v) is 1.38. The van der Waals surface area contributed by atoms with E-state index in [1.54, 1.807) is 24.8 Å². The molecule has 0 aliphatic carbocycles. The van der Waals surface area contributed by atoms with Crippen molar-refractivity contribution in [3.05, 3.63) is 54.4 Å².